The summed E-state index contributed by atoms with van der Waals surface area (Å²) in [5, 5.41) is 0. The van der Waals surface area contributed by atoms with E-state index in [4.69, 9.17) is 10.5 Å². The molecule has 0 bridgehead atoms. The zero-order valence-electron chi connectivity index (χ0n) is 11.0. The molecule has 0 radical (unpaired) electrons. The van der Waals surface area contributed by atoms with Gasteiger partial charge >= 0.3 is 5.97 Å². The molecule has 1 aliphatic carbocycles. The Morgan fingerprint density at radius 1 is 1.53 bits per heavy atom. The van der Waals surface area contributed by atoms with E-state index in [0.29, 0.717) is 6.42 Å². The van der Waals surface area contributed by atoms with E-state index in [1.54, 1.807) is 11.8 Å². The number of carbonyl (C=O) groups excluding carboxylic acids is 1. The second kappa shape index (κ2) is 7.98. The molecule has 0 saturated heterocycles. The fourth-order valence-electron chi connectivity index (χ4n) is 2.33. The summed E-state index contributed by atoms with van der Waals surface area (Å²) >= 11 is 1.71. The molecule has 4 heteroatoms. The zero-order chi connectivity index (χ0) is 12.7. The highest BCUT2D eigenvalue weighted by Crippen LogP contribution is 2.28. The van der Waals surface area contributed by atoms with Crippen LogP contribution in [-0.2, 0) is 9.53 Å². The first-order chi connectivity index (χ1) is 8.17. The molecule has 0 amide bonds. The van der Waals surface area contributed by atoms with Crippen molar-refractivity contribution in [1.82, 2.24) is 0 Å². The van der Waals surface area contributed by atoms with Gasteiger partial charge in [0.15, 0.2) is 0 Å². The van der Waals surface area contributed by atoms with Crippen LogP contribution >= 0.6 is 11.8 Å². The van der Waals surface area contributed by atoms with Gasteiger partial charge in [-0.15, -0.1) is 0 Å². The van der Waals surface area contributed by atoms with E-state index in [1.165, 1.54) is 19.3 Å². The molecule has 3 nitrogen and oxygen atoms in total. The van der Waals surface area contributed by atoms with E-state index in [9.17, 15) is 4.79 Å². The minimum atomic E-state index is -0.440. The molecule has 2 unspecified atom stereocenters. The SMILES string of the molecule is CCC1CCCC(OC(=O)[C@H](N)CCSC)C1. The van der Waals surface area contributed by atoms with Crippen LogP contribution in [0.5, 0.6) is 0 Å². The van der Waals surface area contributed by atoms with Crippen molar-refractivity contribution in [1.29, 1.82) is 0 Å². The van der Waals surface area contributed by atoms with Crippen LogP contribution in [0, 0.1) is 5.92 Å². The molecule has 100 valence electrons. The highest BCUT2D eigenvalue weighted by molar-refractivity contribution is 7.98. The molecule has 3 atom stereocenters. The largest absolute Gasteiger partial charge is 0.461 e. The first kappa shape index (κ1) is 14.8. The van der Waals surface area contributed by atoms with Crippen molar-refractivity contribution in [2.24, 2.45) is 11.7 Å². The predicted octanol–water partition coefficient (Wildman–Crippen LogP) is 2.58. The Morgan fingerprint density at radius 2 is 2.29 bits per heavy atom. The summed E-state index contributed by atoms with van der Waals surface area (Å²) in [6, 6.07) is -0.440. The maximum Gasteiger partial charge on any atom is 0.323 e. The van der Waals surface area contributed by atoms with Crippen LogP contribution in [-0.4, -0.2) is 30.1 Å². The summed E-state index contributed by atoms with van der Waals surface area (Å²) in [5.74, 6) is 1.43. The van der Waals surface area contributed by atoms with Crippen molar-refractivity contribution in [3.05, 3.63) is 0 Å². The molecule has 0 aromatic heterocycles. The summed E-state index contributed by atoms with van der Waals surface area (Å²) in [6.45, 7) is 2.21. The van der Waals surface area contributed by atoms with Crippen molar-refractivity contribution >= 4 is 17.7 Å². The van der Waals surface area contributed by atoms with Crippen molar-refractivity contribution in [3.63, 3.8) is 0 Å². The monoisotopic (exact) mass is 259 g/mol. The Morgan fingerprint density at radius 3 is 2.94 bits per heavy atom. The van der Waals surface area contributed by atoms with Gasteiger partial charge in [0, 0.05) is 0 Å². The first-order valence-corrected chi connectivity index (χ1v) is 8.01. The molecular weight excluding hydrogens is 234 g/mol. The molecule has 2 N–H and O–H groups in total. The van der Waals surface area contributed by atoms with Gasteiger partial charge in [0.05, 0.1) is 0 Å². The Kier molecular flexibility index (Phi) is 6.97. The van der Waals surface area contributed by atoms with Crippen LogP contribution in [0.4, 0.5) is 0 Å². The Labute approximate surface area is 109 Å². The van der Waals surface area contributed by atoms with Gasteiger partial charge in [-0.05, 0) is 43.6 Å². The Hall–Kier alpha value is -0.220. The lowest BCUT2D eigenvalue weighted by Gasteiger charge is -2.28. The maximum atomic E-state index is 11.8. The molecule has 0 heterocycles. The summed E-state index contributed by atoms with van der Waals surface area (Å²) in [7, 11) is 0. The van der Waals surface area contributed by atoms with Gasteiger partial charge in [0.2, 0.25) is 0 Å². The highest BCUT2D eigenvalue weighted by atomic mass is 32.2. The van der Waals surface area contributed by atoms with Gasteiger partial charge in [-0.3, -0.25) is 4.79 Å². The average molecular weight is 259 g/mol. The van der Waals surface area contributed by atoms with Gasteiger partial charge in [-0.1, -0.05) is 19.8 Å². The lowest BCUT2D eigenvalue weighted by Crippen LogP contribution is -2.36. The van der Waals surface area contributed by atoms with Crippen LogP contribution in [0.15, 0.2) is 0 Å². The lowest BCUT2D eigenvalue weighted by atomic mass is 9.85. The molecule has 1 saturated carbocycles. The Balaban J connectivity index is 2.29. The Bertz CT molecular complexity index is 235. The van der Waals surface area contributed by atoms with Crippen LogP contribution in [0.1, 0.15) is 45.4 Å². The molecule has 0 aliphatic heterocycles. The van der Waals surface area contributed by atoms with Crippen LogP contribution in [0.25, 0.3) is 0 Å². The molecule has 1 aliphatic rings. The number of rotatable bonds is 6. The number of hydrogen-bond donors (Lipinski definition) is 1. The number of carbonyl (C=O) groups is 1. The summed E-state index contributed by atoms with van der Waals surface area (Å²) < 4.78 is 5.51. The zero-order valence-corrected chi connectivity index (χ0v) is 11.8. The third-order valence-corrected chi connectivity index (χ3v) is 4.17. The molecule has 17 heavy (non-hydrogen) atoms. The van der Waals surface area contributed by atoms with Crippen LogP contribution in [0.2, 0.25) is 0 Å². The number of thioether (sulfide) groups is 1. The predicted molar refractivity (Wildman–Crippen MR) is 73.1 cm³/mol. The summed E-state index contributed by atoms with van der Waals surface area (Å²) in [6.07, 6.45) is 8.53. The van der Waals surface area contributed by atoms with Crippen molar-refractivity contribution in [3.8, 4) is 0 Å². The van der Waals surface area contributed by atoms with Crippen molar-refractivity contribution in [2.75, 3.05) is 12.0 Å². The minimum absolute atomic E-state index is 0.113. The first-order valence-electron chi connectivity index (χ1n) is 6.62. The van der Waals surface area contributed by atoms with E-state index in [-0.39, 0.29) is 12.1 Å². The second-order valence-electron chi connectivity index (χ2n) is 4.89. The van der Waals surface area contributed by atoms with Crippen molar-refractivity contribution < 1.29 is 9.53 Å². The molecule has 1 rings (SSSR count). The van der Waals surface area contributed by atoms with Crippen molar-refractivity contribution in [2.45, 2.75) is 57.6 Å². The average Bonchev–Trinajstić information content (AvgIpc) is 2.36. The van der Waals surface area contributed by atoms with Gasteiger partial charge in [0.25, 0.3) is 0 Å². The summed E-state index contributed by atoms with van der Waals surface area (Å²) in [5.41, 5.74) is 5.80. The quantitative estimate of drug-likeness (QED) is 0.745. The number of hydrogen-bond acceptors (Lipinski definition) is 4. The minimum Gasteiger partial charge on any atom is -0.461 e. The van der Waals surface area contributed by atoms with E-state index in [1.807, 2.05) is 6.26 Å². The maximum absolute atomic E-state index is 11.8. The number of ether oxygens (including phenoxy) is 1. The van der Waals surface area contributed by atoms with E-state index in [2.05, 4.69) is 6.92 Å². The number of esters is 1. The second-order valence-corrected chi connectivity index (χ2v) is 5.87. The standard InChI is InChI=1S/C13H25NO2S/c1-3-10-5-4-6-11(9-10)16-13(15)12(14)7-8-17-2/h10-12H,3-9,14H2,1-2H3/t10?,11?,12-/m1/s1. The molecule has 0 aromatic rings. The smallest absolute Gasteiger partial charge is 0.323 e. The molecular formula is C13H25NO2S. The summed E-state index contributed by atoms with van der Waals surface area (Å²) in [4.78, 5) is 11.8. The highest BCUT2D eigenvalue weighted by Gasteiger charge is 2.25. The van der Waals surface area contributed by atoms with Crippen LogP contribution < -0.4 is 5.73 Å². The van der Waals surface area contributed by atoms with Gasteiger partial charge in [-0.25, -0.2) is 0 Å². The normalized spacial score (nSPS) is 26.5. The lowest BCUT2D eigenvalue weighted by molar-refractivity contribution is -0.153. The molecule has 0 aromatic carbocycles. The topological polar surface area (TPSA) is 52.3 Å². The van der Waals surface area contributed by atoms with Crippen LogP contribution in [0.3, 0.4) is 0 Å². The fraction of sp³-hybridized carbons (Fsp3) is 0.923. The van der Waals surface area contributed by atoms with E-state index >= 15 is 0 Å². The molecule has 0 spiro atoms. The number of nitrogens with two attached hydrogens (primary N) is 1. The third kappa shape index (κ3) is 5.30. The van der Waals surface area contributed by atoms with Gasteiger partial charge < -0.3 is 10.5 Å². The molecule has 1 fully saturated rings. The van der Waals surface area contributed by atoms with Gasteiger partial charge in [-0.2, -0.15) is 11.8 Å². The van der Waals surface area contributed by atoms with E-state index < -0.39 is 6.04 Å². The fourth-order valence-corrected chi connectivity index (χ4v) is 2.82. The van der Waals surface area contributed by atoms with Gasteiger partial charge in [0.1, 0.15) is 12.1 Å². The third-order valence-electron chi connectivity index (χ3n) is 3.53. The van der Waals surface area contributed by atoms with E-state index in [0.717, 1.165) is 24.5 Å².